The summed E-state index contributed by atoms with van der Waals surface area (Å²) in [6.07, 6.45) is 4.26. The van der Waals surface area contributed by atoms with Gasteiger partial charge in [-0.25, -0.2) is 9.07 Å². The van der Waals surface area contributed by atoms with Gasteiger partial charge in [-0.2, -0.15) is 5.10 Å². The largest absolute Gasteiger partial charge is 0.310 e. The maximum absolute atomic E-state index is 14.3. The second-order valence-corrected chi connectivity index (χ2v) is 5.45. The molecule has 1 atom stereocenters. The zero-order valence-corrected chi connectivity index (χ0v) is 11.9. The van der Waals surface area contributed by atoms with Crippen LogP contribution < -0.4 is 5.32 Å². The number of benzene rings is 1. The first-order valence-corrected chi connectivity index (χ1v) is 7.27. The van der Waals surface area contributed by atoms with Crippen LogP contribution in [0.5, 0.6) is 0 Å². The summed E-state index contributed by atoms with van der Waals surface area (Å²) in [5, 5.41) is 7.76. The van der Waals surface area contributed by atoms with Crippen LogP contribution in [0, 0.1) is 5.82 Å². The molecule has 0 saturated heterocycles. The Bertz CT molecular complexity index is 602. The van der Waals surface area contributed by atoms with Crippen LogP contribution in [-0.4, -0.2) is 16.3 Å². The van der Waals surface area contributed by atoms with E-state index in [0.29, 0.717) is 11.6 Å². The molecule has 4 heteroatoms. The molecule has 0 bridgehead atoms. The van der Waals surface area contributed by atoms with E-state index >= 15 is 0 Å². The normalized spacial score (nSPS) is 16.4. The number of hydrogen-bond acceptors (Lipinski definition) is 2. The summed E-state index contributed by atoms with van der Waals surface area (Å²) in [7, 11) is 0. The Morgan fingerprint density at radius 1 is 1.40 bits per heavy atom. The molecular formula is C16H20FN3. The van der Waals surface area contributed by atoms with Crippen LogP contribution >= 0.6 is 0 Å². The Balaban J connectivity index is 1.85. The first-order chi connectivity index (χ1) is 9.69. The Labute approximate surface area is 118 Å². The van der Waals surface area contributed by atoms with Crippen LogP contribution in [0.1, 0.15) is 49.9 Å². The molecule has 2 aromatic rings. The molecule has 1 aliphatic rings. The average Bonchev–Trinajstić information content (AvgIpc) is 3.17. The molecule has 1 aliphatic carbocycles. The predicted octanol–water partition coefficient (Wildman–Crippen LogP) is 3.56. The molecule has 1 aromatic heterocycles. The molecule has 3 nitrogen and oxygen atoms in total. The quantitative estimate of drug-likeness (QED) is 0.902. The van der Waals surface area contributed by atoms with Crippen molar-refractivity contribution in [3.05, 3.63) is 47.5 Å². The Morgan fingerprint density at radius 2 is 2.20 bits per heavy atom. The highest BCUT2D eigenvalue weighted by Crippen LogP contribution is 2.39. The Morgan fingerprint density at radius 3 is 2.85 bits per heavy atom. The molecule has 1 unspecified atom stereocenters. The van der Waals surface area contributed by atoms with Gasteiger partial charge in [0.1, 0.15) is 11.5 Å². The SMILES string of the molecule is CCNC(C)c1ccc(-n2ccc(C3CC3)n2)c(F)c1. The summed E-state index contributed by atoms with van der Waals surface area (Å²) in [5.41, 5.74) is 2.56. The summed E-state index contributed by atoms with van der Waals surface area (Å²) in [6, 6.07) is 7.52. The van der Waals surface area contributed by atoms with Crippen molar-refractivity contribution in [1.29, 1.82) is 0 Å². The fourth-order valence-corrected chi connectivity index (χ4v) is 2.47. The Kier molecular flexibility index (Phi) is 3.57. The third-order valence-corrected chi connectivity index (χ3v) is 3.83. The molecule has 106 valence electrons. The minimum absolute atomic E-state index is 0.156. The van der Waals surface area contributed by atoms with Gasteiger partial charge in [0.15, 0.2) is 0 Å². The number of rotatable bonds is 5. The summed E-state index contributed by atoms with van der Waals surface area (Å²) >= 11 is 0. The second kappa shape index (κ2) is 5.37. The molecule has 1 saturated carbocycles. The molecule has 1 aromatic carbocycles. The van der Waals surface area contributed by atoms with Crippen LogP contribution in [0.25, 0.3) is 5.69 Å². The first-order valence-electron chi connectivity index (χ1n) is 7.27. The van der Waals surface area contributed by atoms with Crippen molar-refractivity contribution >= 4 is 0 Å². The number of nitrogens with one attached hydrogen (secondary N) is 1. The molecule has 3 rings (SSSR count). The van der Waals surface area contributed by atoms with Gasteiger partial charge in [-0.15, -0.1) is 0 Å². The third kappa shape index (κ3) is 2.61. The number of aromatic nitrogens is 2. The van der Waals surface area contributed by atoms with E-state index in [9.17, 15) is 4.39 Å². The van der Waals surface area contributed by atoms with Gasteiger partial charge in [0.2, 0.25) is 0 Å². The van der Waals surface area contributed by atoms with Gasteiger partial charge in [0, 0.05) is 18.2 Å². The van der Waals surface area contributed by atoms with Gasteiger partial charge >= 0.3 is 0 Å². The zero-order chi connectivity index (χ0) is 14.1. The van der Waals surface area contributed by atoms with E-state index in [1.54, 1.807) is 10.7 Å². The van der Waals surface area contributed by atoms with Crippen LogP contribution in [-0.2, 0) is 0 Å². The molecular weight excluding hydrogens is 253 g/mol. The molecule has 1 N–H and O–H groups in total. The maximum atomic E-state index is 14.3. The Hall–Kier alpha value is -1.68. The molecule has 0 radical (unpaired) electrons. The lowest BCUT2D eigenvalue weighted by atomic mass is 10.1. The number of nitrogens with zero attached hydrogens (tertiary/aromatic N) is 2. The molecule has 20 heavy (non-hydrogen) atoms. The molecule has 0 aliphatic heterocycles. The van der Waals surface area contributed by atoms with Crippen molar-refractivity contribution in [2.45, 2.75) is 38.6 Å². The van der Waals surface area contributed by atoms with Crippen molar-refractivity contribution in [3.8, 4) is 5.69 Å². The van der Waals surface area contributed by atoms with E-state index in [1.165, 1.54) is 12.8 Å². The highest BCUT2D eigenvalue weighted by molar-refractivity contribution is 5.37. The van der Waals surface area contributed by atoms with Gasteiger partial charge in [0.25, 0.3) is 0 Å². The lowest BCUT2D eigenvalue weighted by Crippen LogP contribution is -2.18. The van der Waals surface area contributed by atoms with Gasteiger partial charge in [-0.05, 0) is 50.1 Å². The smallest absolute Gasteiger partial charge is 0.149 e. The van der Waals surface area contributed by atoms with E-state index in [1.807, 2.05) is 38.2 Å². The van der Waals surface area contributed by atoms with Gasteiger partial charge < -0.3 is 5.32 Å². The molecule has 1 fully saturated rings. The number of halogens is 1. The highest BCUT2D eigenvalue weighted by Gasteiger charge is 2.26. The summed E-state index contributed by atoms with van der Waals surface area (Å²) in [6.45, 7) is 4.95. The fraction of sp³-hybridized carbons (Fsp3) is 0.438. The summed E-state index contributed by atoms with van der Waals surface area (Å²) in [4.78, 5) is 0. The first kappa shape index (κ1) is 13.3. The highest BCUT2D eigenvalue weighted by atomic mass is 19.1. The summed E-state index contributed by atoms with van der Waals surface area (Å²) in [5.74, 6) is 0.366. The van der Waals surface area contributed by atoms with Crippen LogP contribution in [0.3, 0.4) is 0 Å². The molecule has 0 amide bonds. The average molecular weight is 273 g/mol. The van der Waals surface area contributed by atoms with Gasteiger partial charge in [-0.3, -0.25) is 0 Å². The van der Waals surface area contributed by atoms with E-state index in [4.69, 9.17) is 0 Å². The monoisotopic (exact) mass is 273 g/mol. The van der Waals surface area contributed by atoms with Gasteiger partial charge in [-0.1, -0.05) is 13.0 Å². The van der Waals surface area contributed by atoms with Crippen molar-refractivity contribution in [2.75, 3.05) is 6.54 Å². The van der Waals surface area contributed by atoms with E-state index in [2.05, 4.69) is 10.4 Å². The van der Waals surface area contributed by atoms with E-state index in [-0.39, 0.29) is 11.9 Å². The van der Waals surface area contributed by atoms with Crippen molar-refractivity contribution in [3.63, 3.8) is 0 Å². The van der Waals surface area contributed by atoms with Crippen molar-refractivity contribution in [1.82, 2.24) is 15.1 Å². The van der Waals surface area contributed by atoms with Crippen molar-refractivity contribution in [2.24, 2.45) is 0 Å². The molecule has 1 heterocycles. The standard InChI is InChI=1S/C16H20FN3/c1-3-18-11(2)13-6-7-16(14(17)10-13)20-9-8-15(19-20)12-4-5-12/h6-12,18H,3-5H2,1-2H3. The van der Waals surface area contributed by atoms with Crippen molar-refractivity contribution < 1.29 is 4.39 Å². The van der Waals surface area contributed by atoms with E-state index in [0.717, 1.165) is 17.8 Å². The zero-order valence-electron chi connectivity index (χ0n) is 11.9. The predicted molar refractivity (Wildman–Crippen MR) is 77.6 cm³/mol. The fourth-order valence-electron chi connectivity index (χ4n) is 2.47. The number of hydrogen-bond donors (Lipinski definition) is 1. The van der Waals surface area contributed by atoms with Crippen LogP contribution in [0.15, 0.2) is 30.5 Å². The minimum Gasteiger partial charge on any atom is -0.310 e. The minimum atomic E-state index is -0.224. The van der Waals surface area contributed by atoms with Crippen LogP contribution in [0.4, 0.5) is 4.39 Å². The maximum Gasteiger partial charge on any atom is 0.149 e. The lowest BCUT2D eigenvalue weighted by Gasteiger charge is -2.14. The second-order valence-electron chi connectivity index (χ2n) is 5.45. The van der Waals surface area contributed by atoms with Crippen LogP contribution in [0.2, 0.25) is 0 Å². The lowest BCUT2D eigenvalue weighted by molar-refractivity contribution is 0.577. The molecule has 0 spiro atoms. The summed E-state index contributed by atoms with van der Waals surface area (Å²) < 4.78 is 15.9. The van der Waals surface area contributed by atoms with E-state index < -0.39 is 0 Å². The van der Waals surface area contributed by atoms with Gasteiger partial charge in [0.05, 0.1) is 5.69 Å². The third-order valence-electron chi connectivity index (χ3n) is 3.83. The topological polar surface area (TPSA) is 29.9 Å².